The van der Waals surface area contributed by atoms with Crippen molar-refractivity contribution < 1.29 is 18.7 Å². The lowest BCUT2D eigenvalue weighted by atomic mass is 10.0. The molecule has 2 N–H and O–H groups in total. The van der Waals surface area contributed by atoms with Crippen LogP contribution < -0.4 is 5.32 Å². The van der Waals surface area contributed by atoms with Gasteiger partial charge < -0.3 is 10.4 Å². The van der Waals surface area contributed by atoms with Gasteiger partial charge in [-0.1, -0.05) is 6.07 Å². The summed E-state index contributed by atoms with van der Waals surface area (Å²) in [5.41, 5.74) is 0.755. The van der Waals surface area contributed by atoms with E-state index in [9.17, 15) is 18.7 Å². The Labute approximate surface area is 140 Å². The SMILES string of the molecule is O=C(NC1CCN(Cc2ccc(F)c(F)c2)CC1)C1CCCC1O. The first-order valence-electron chi connectivity index (χ1n) is 8.67. The molecule has 6 heteroatoms. The molecule has 1 saturated heterocycles. The first kappa shape index (κ1) is 17.3. The van der Waals surface area contributed by atoms with Crippen molar-refractivity contribution in [1.29, 1.82) is 0 Å². The second-order valence-electron chi connectivity index (χ2n) is 6.91. The zero-order valence-corrected chi connectivity index (χ0v) is 13.7. The van der Waals surface area contributed by atoms with Gasteiger partial charge in [-0.15, -0.1) is 0 Å². The van der Waals surface area contributed by atoms with Crippen molar-refractivity contribution >= 4 is 5.91 Å². The monoisotopic (exact) mass is 338 g/mol. The molecule has 0 aromatic heterocycles. The molecular formula is C18H24F2N2O2. The van der Waals surface area contributed by atoms with Gasteiger partial charge in [-0.3, -0.25) is 9.69 Å². The lowest BCUT2D eigenvalue weighted by molar-refractivity contribution is -0.128. The van der Waals surface area contributed by atoms with Crippen LogP contribution in [0.25, 0.3) is 0 Å². The van der Waals surface area contributed by atoms with Gasteiger partial charge in [-0.05, 0) is 49.8 Å². The van der Waals surface area contributed by atoms with Crippen LogP contribution in [0.15, 0.2) is 18.2 Å². The molecule has 1 aliphatic heterocycles. The van der Waals surface area contributed by atoms with Gasteiger partial charge >= 0.3 is 0 Å². The topological polar surface area (TPSA) is 52.6 Å². The minimum absolute atomic E-state index is 0.0287. The van der Waals surface area contributed by atoms with Crippen molar-refractivity contribution in [3.8, 4) is 0 Å². The van der Waals surface area contributed by atoms with E-state index in [1.165, 1.54) is 6.07 Å². The Bertz CT molecular complexity index is 588. The number of aliphatic hydroxyl groups excluding tert-OH is 1. The third kappa shape index (κ3) is 4.11. The molecule has 2 fully saturated rings. The molecule has 0 radical (unpaired) electrons. The van der Waals surface area contributed by atoms with Gasteiger partial charge in [0, 0.05) is 25.7 Å². The Balaban J connectivity index is 1.45. The third-order valence-electron chi connectivity index (χ3n) is 5.14. The summed E-state index contributed by atoms with van der Waals surface area (Å²) in [6.45, 7) is 2.19. The van der Waals surface area contributed by atoms with Gasteiger partial charge in [-0.25, -0.2) is 8.78 Å². The van der Waals surface area contributed by atoms with E-state index >= 15 is 0 Å². The molecule has 1 saturated carbocycles. The minimum atomic E-state index is -0.825. The number of likely N-dealkylation sites (tertiary alicyclic amines) is 1. The number of benzene rings is 1. The van der Waals surface area contributed by atoms with Crippen molar-refractivity contribution in [2.45, 2.75) is 50.8 Å². The molecule has 2 atom stereocenters. The summed E-state index contributed by atoms with van der Waals surface area (Å²) in [5.74, 6) is -1.93. The van der Waals surface area contributed by atoms with Crippen molar-refractivity contribution in [3.05, 3.63) is 35.4 Å². The average molecular weight is 338 g/mol. The maximum Gasteiger partial charge on any atom is 0.225 e. The summed E-state index contributed by atoms with van der Waals surface area (Å²) in [6, 6.07) is 4.13. The Morgan fingerprint density at radius 3 is 2.54 bits per heavy atom. The highest BCUT2D eigenvalue weighted by Crippen LogP contribution is 2.26. The number of piperidine rings is 1. The number of carbonyl (C=O) groups is 1. The molecule has 0 bridgehead atoms. The summed E-state index contributed by atoms with van der Waals surface area (Å²) >= 11 is 0. The number of halogens is 2. The van der Waals surface area contributed by atoms with Gasteiger partial charge in [0.15, 0.2) is 11.6 Å². The van der Waals surface area contributed by atoms with E-state index in [2.05, 4.69) is 10.2 Å². The standard InChI is InChI=1S/C18H24F2N2O2/c19-15-5-4-12(10-16(15)20)11-22-8-6-13(7-9-22)21-18(24)14-2-1-3-17(14)23/h4-5,10,13-14,17,23H,1-3,6-9,11H2,(H,21,24). The first-order chi connectivity index (χ1) is 11.5. The Hall–Kier alpha value is -1.53. The van der Waals surface area contributed by atoms with Gasteiger partial charge in [0.2, 0.25) is 5.91 Å². The summed E-state index contributed by atoms with van der Waals surface area (Å²) in [4.78, 5) is 14.4. The fourth-order valence-corrected chi connectivity index (χ4v) is 3.69. The molecular weight excluding hydrogens is 314 g/mol. The van der Waals surface area contributed by atoms with Crippen LogP contribution in [0.3, 0.4) is 0 Å². The number of nitrogens with one attached hydrogen (secondary N) is 1. The van der Waals surface area contributed by atoms with Crippen LogP contribution in [0, 0.1) is 17.6 Å². The summed E-state index contributed by atoms with van der Waals surface area (Å²) in [6.07, 6.45) is 3.55. The molecule has 1 aromatic carbocycles. The third-order valence-corrected chi connectivity index (χ3v) is 5.14. The Morgan fingerprint density at radius 2 is 1.92 bits per heavy atom. The minimum Gasteiger partial charge on any atom is -0.392 e. The fraction of sp³-hybridized carbons (Fsp3) is 0.611. The van der Waals surface area contributed by atoms with Crippen LogP contribution >= 0.6 is 0 Å². The molecule has 1 heterocycles. The highest BCUT2D eigenvalue weighted by atomic mass is 19.2. The van der Waals surface area contributed by atoms with Gasteiger partial charge in [-0.2, -0.15) is 0 Å². The molecule has 24 heavy (non-hydrogen) atoms. The first-order valence-corrected chi connectivity index (χ1v) is 8.67. The van der Waals surface area contributed by atoms with Crippen LogP contribution in [0.5, 0.6) is 0 Å². The molecule has 1 aliphatic carbocycles. The smallest absolute Gasteiger partial charge is 0.225 e. The van der Waals surface area contributed by atoms with Crippen LogP contribution in [0.4, 0.5) is 8.78 Å². The predicted octanol–water partition coefficient (Wildman–Crippen LogP) is 2.21. The van der Waals surface area contributed by atoms with E-state index in [0.717, 1.165) is 50.4 Å². The van der Waals surface area contributed by atoms with E-state index in [4.69, 9.17) is 0 Å². The maximum absolute atomic E-state index is 13.3. The zero-order chi connectivity index (χ0) is 17.1. The maximum atomic E-state index is 13.3. The molecule has 2 aliphatic rings. The van der Waals surface area contributed by atoms with Crippen molar-refractivity contribution in [1.82, 2.24) is 10.2 Å². The van der Waals surface area contributed by atoms with Gasteiger partial charge in [0.25, 0.3) is 0 Å². The number of amides is 1. The molecule has 2 unspecified atom stereocenters. The van der Waals surface area contributed by atoms with Crippen molar-refractivity contribution in [2.24, 2.45) is 5.92 Å². The van der Waals surface area contributed by atoms with E-state index in [1.807, 2.05) is 0 Å². The van der Waals surface area contributed by atoms with E-state index in [-0.39, 0.29) is 17.9 Å². The van der Waals surface area contributed by atoms with Gasteiger partial charge in [0.1, 0.15) is 0 Å². The molecule has 0 spiro atoms. The molecule has 132 valence electrons. The highest BCUT2D eigenvalue weighted by Gasteiger charge is 2.33. The largest absolute Gasteiger partial charge is 0.392 e. The normalized spacial score (nSPS) is 25.8. The fourth-order valence-electron chi connectivity index (χ4n) is 3.69. The Morgan fingerprint density at radius 1 is 1.17 bits per heavy atom. The summed E-state index contributed by atoms with van der Waals surface area (Å²) in [7, 11) is 0. The lowest BCUT2D eigenvalue weighted by Crippen LogP contribution is -2.47. The Kier molecular flexibility index (Phi) is 5.46. The summed E-state index contributed by atoms with van der Waals surface area (Å²) in [5, 5.41) is 12.9. The number of hydrogen-bond acceptors (Lipinski definition) is 3. The number of nitrogens with zero attached hydrogens (tertiary/aromatic N) is 1. The van der Waals surface area contributed by atoms with E-state index in [0.29, 0.717) is 13.0 Å². The lowest BCUT2D eigenvalue weighted by Gasteiger charge is -2.33. The molecule has 3 rings (SSSR count). The van der Waals surface area contributed by atoms with Crippen molar-refractivity contribution in [3.63, 3.8) is 0 Å². The van der Waals surface area contributed by atoms with E-state index in [1.54, 1.807) is 6.07 Å². The van der Waals surface area contributed by atoms with Crippen LogP contribution in [0.1, 0.15) is 37.7 Å². The zero-order valence-electron chi connectivity index (χ0n) is 13.7. The number of hydrogen-bond donors (Lipinski definition) is 2. The highest BCUT2D eigenvalue weighted by molar-refractivity contribution is 5.79. The number of aliphatic hydroxyl groups is 1. The quantitative estimate of drug-likeness (QED) is 0.885. The van der Waals surface area contributed by atoms with Crippen molar-refractivity contribution in [2.75, 3.05) is 13.1 Å². The number of rotatable bonds is 4. The van der Waals surface area contributed by atoms with Crippen LogP contribution in [-0.2, 0) is 11.3 Å². The second kappa shape index (κ2) is 7.57. The molecule has 1 aromatic rings. The average Bonchev–Trinajstić information content (AvgIpc) is 2.99. The van der Waals surface area contributed by atoms with Gasteiger partial charge in [0.05, 0.1) is 12.0 Å². The molecule has 4 nitrogen and oxygen atoms in total. The van der Waals surface area contributed by atoms with Crippen LogP contribution in [0.2, 0.25) is 0 Å². The second-order valence-corrected chi connectivity index (χ2v) is 6.91. The summed E-state index contributed by atoms with van der Waals surface area (Å²) < 4.78 is 26.2. The van der Waals surface area contributed by atoms with Crippen LogP contribution in [-0.4, -0.2) is 41.1 Å². The number of carbonyl (C=O) groups excluding carboxylic acids is 1. The van der Waals surface area contributed by atoms with E-state index < -0.39 is 17.7 Å². The predicted molar refractivity (Wildman–Crippen MR) is 86.1 cm³/mol. The molecule has 1 amide bonds.